The van der Waals surface area contributed by atoms with Gasteiger partial charge in [-0.2, -0.15) is 0 Å². The Morgan fingerprint density at radius 2 is 1.94 bits per heavy atom. The lowest BCUT2D eigenvalue weighted by Gasteiger charge is -2.07. The van der Waals surface area contributed by atoms with Crippen molar-refractivity contribution < 1.29 is 4.39 Å². The number of aryl methyl sites for hydroxylation is 1. The molecular formula is C15H11FN2. The molecule has 0 amide bonds. The molecule has 0 aliphatic rings. The third kappa shape index (κ3) is 1.74. The van der Waals surface area contributed by atoms with Gasteiger partial charge in [-0.15, -0.1) is 0 Å². The van der Waals surface area contributed by atoms with Crippen molar-refractivity contribution in [3.63, 3.8) is 0 Å². The minimum absolute atomic E-state index is 0.348. The van der Waals surface area contributed by atoms with Crippen LogP contribution in [-0.2, 0) is 0 Å². The number of halogens is 1. The quantitative estimate of drug-likeness (QED) is 0.645. The molecule has 1 aromatic carbocycles. The molecular weight excluding hydrogens is 227 g/mol. The summed E-state index contributed by atoms with van der Waals surface area (Å²) in [7, 11) is 0. The number of para-hydroxylation sites is 1. The minimum Gasteiger partial charge on any atom is -0.262 e. The predicted octanol–water partition coefficient (Wildman–Crippen LogP) is 3.74. The fourth-order valence-corrected chi connectivity index (χ4v) is 2.07. The maximum atomic E-state index is 13.7. The Morgan fingerprint density at radius 3 is 2.78 bits per heavy atom. The highest BCUT2D eigenvalue weighted by Gasteiger charge is 2.08. The first-order valence-corrected chi connectivity index (χ1v) is 5.72. The molecule has 0 spiro atoms. The van der Waals surface area contributed by atoms with E-state index in [1.165, 1.54) is 6.20 Å². The van der Waals surface area contributed by atoms with E-state index in [0.29, 0.717) is 11.3 Å². The SMILES string of the molecule is Cc1cc(-c2ccncc2F)nc2ccccc12. The summed E-state index contributed by atoms with van der Waals surface area (Å²) >= 11 is 0. The lowest BCUT2D eigenvalue weighted by Crippen LogP contribution is -1.91. The van der Waals surface area contributed by atoms with Gasteiger partial charge in [-0.05, 0) is 30.7 Å². The van der Waals surface area contributed by atoms with Crippen molar-refractivity contribution in [2.45, 2.75) is 6.92 Å². The van der Waals surface area contributed by atoms with E-state index in [2.05, 4.69) is 9.97 Å². The van der Waals surface area contributed by atoms with E-state index in [0.717, 1.165) is 16.5 Å². The molecule has 2 heterocycles. The largest absolute Gasteiger partial charge is 0.262 e. The summed E-state index contributed by atoms with van der Waals surface area (Å²) in [6, 6.07) is 11.4. The standard InChI is InChI=1S/C15H11FN2/c1-10-8-15(12-6-7-17-9-13(12)16)18-14-5-3-2-4-11(10)14/h2-9H,1H3. The van der Waals surface area contributed by atoms with E-state index in [1.54, 1.807) is 12.3 Å². The van der Waals surface area contributed by atoms with Crippen LogP contribution >= 0.6 is 0 Å². The van der Waals surface area contributed by atoms with Crippen LogP contribution in [0.5, 0.6) is 0 Å². The number of benzene rings is 1. The van der Waals surface area contributed by atoms with Crippen LogP contribution in [0.2, 0.25) is 0 Å². The molecule has 0 unspecified atom stereocenters. The van der Waals surface area contributed by atoms with Gasteiger partial charge < -0.3 is 0 Å². The monoisotopic (exact) mass is 238 g/mol. The number of fused-ring (bicyclic) bond motifs is 1. The Balaban J connectivity index is 2.28. The topological polar surface area (TPSA) is 25.8 Å². The third-order valence-corrected chi connectivity index (χ3v) is 2.97. The van der Waals surface area contributed by atoms with Gasteiger partial charge in [0.25, 0.3) is 0 Å². The second-order valence-electron chi connectivity index (χ2n) is 4.20. The van der Waals surface area contributed by atoms with Crippen molar-refractivity contribution >= 4 is 10.9 Å². The average Bonchev–Trinajstić information content (AvgIpc) is 2.39. The number of hydrogen-bond donors (Lipinski definition) is 0. The smallest absolute Gasteiger partial charge is 0.150 e. The molecule has 0 radical (unpaired) electrons. The van der Waals surface area contributed by atoms with E-state index in [1.807, 2.05) is 37.3 Å². The van der Waals surface area contributed by atoms with Gasteiger partial charge in [0.05, 0.1) is 17.4 Å². The summed E-state index contributed by atoms with van der Waals surface area (Å²) in [5.74, 6) is -0.348. The molecule has 0 atom stereocenters. The number of aromatic nitrogens is 2. The van der Waals surface area contributed by atoms with Crippen LogP contribution in [0.3, 0.4) is 0 Å². The average molecular weight is 238 g/mol. The van der Waals surface area contributed by atoms with E-state index in [4.69, 9.17) is 0 Å². The van der Waals surface area contributed by atoms with Crippen molar-refractivity contribution in [3.8, 4) is 11.3 Å². The Kier molecular flexibility index (Phi) is 2.52. The summed E-state index contributed by atoms with van der Waals surface area (Å²) in [6.45, 7) is 2.01. The molecule has 0 N–H and O–H groups in total. The van der Waals surface area contributed by atoms with Crippen molar-refractivity contribution in [2.24, 2.45) is 0 Å². The highest BCUT2D eigenvalue weighted by molar-refractivity contribution is 5.84. The van der Waals surface area contributed by atoms with Crippen LogP contribution in [0.25, 0.3) is 22.2 Å². The first kappa shape index (κ1) is 10.8. The fourth-order valence-electron chi connectivity index (χ4n) is 2.07. The summed E-state index contributed by atoms with van der Waals surface area (Å²) < 4.78 is 13.7. The lowest BCUT2D eigenvalue weighted by molar-refractivity contribution is 0.624. The van der Waals surface area contributed by atoms with Crippen LogP contribution in [0.4, 0.5) is 4.39 Å². The molecule has 18 heavy (non-hydrogen) atoms. The third-order valence-electron chi connectivity index (χ3n) is 2.97. The second kappa shape index (κ2) is 4.18. The molecule has 2 aromatic heterocycles. The van der Waals surface area contributed by atoms with Crippen LogP contribution < -0.4 is 0 Å². The molecule has 0 saturated carbocycles. The van der Waals surface area contributed by atoms with Gasteiger partial charge in [-0.1, -0.05) is 18.2 Å². The summed E-state index contributed by atoms with van der Waals surface area (Å²) in [5.41, 5.74) is 3.10. The maximum absolute atomic E-state index is 13.7. The van der Waals surface area contributed by atoms with Crippen LogP contribution in [0.15, 0.2) is 48.8 Å². The Labute approximate surface area is 104 Å². The van der Waals surface area contributed by atoms with Gasteiger partial charge in [-0.3, -0.25) is 4.98 Å². The fraction of sp³-hybridized carbons (Fsp3) is 0.0667. The van der Waals surface area contributed by atoms with Crippen LogP contribution in [0.1, 0.15) is 5.56 Å². The van der Waals surface area contributed by atoms with E-state index < -0.39 is 0 Å². The number of rotatable bonds is 1. The molecule has 3 heteroatoms. The van der Waals surface area contributed by atoms with Gasteiger partial charge in [0.2, 0.25) is 0 Å². The van der Waals surface area contributed by atoms with Gasteiger partial charge in [0.1, 0.15) is 0 Å². The minimum atomic E-state index is -0.348. The van der Waals surface area contributed by atoms with Crippen molar-refractivity contribution in [1.29, 1.82) is 0 Å². The highest BCUT2D eigenvalue weighted by atomic mass is 19.1. The lowest BCUT2D eigenvalue weighted by atomic mass is 10.1. The zero-order valence-corrected chi connectivity index (χ0v) is 9.89. The van der Waals surface area contributed by atoms with Gasteiger partial charge in [0, 0.05) is 17.1 Å². The van der Waals surface area contributed by atoms with E-state index in [9.17, 15) is 4.39 Å². The van der Waals surface area contributed by atoms with E-state index in [-0.39, 0.29) is 5.82 Å². The zero-order chi connectivity index (χ0) is 12.5. The predicted molar refractivity (Wildman–Crippen MR) is 69.7 cm³/mol. The number of hydrogen-bond acceptors (Lipinski definition) is 2. The van der Waals surface area contributed by atoms with Gasteiger partial charge in [-0.25, -0.2) is 9.37 Å². The Bertz CT molecular complexity index is 723. The Hall–Kier alpha value is -2.29. The Morgan fingerprint density at radius 1 is 1.11 bits per heavy atom. The van der Waals surface area contributed by atoms with Crippen molar-refractivity contribution in [3.05, 3.63) is 60.2 Å². The van der Waals surface area contributed by atoms with E-state index >= 15 is 0 Å². The first-order chi connectivity index (χ1) is 8.75. The first-order valence-electron chi connectivity index (χ1n) is 5.72. The summed E-state index contributed by atoms with van der Waals surface area (Å²) in [5, 5.41) is 1.09. The highest BCUT2D eigenvalue weighted by Crippen LogP contribution is 2.25. The summed E-state index contributed by atoms with van der Waals surface area (Å²) in [4.78, 5) is 8.25. The molecule has 2 nitrogen and oxygen atoms in total. The maximum Gasteiger partial charge on any atom is 0.150 e. The van der Waals surface area contributed by atoms with Crippen molar-refractivity contribution in [2.75, 3.05) is 0 Å². The summed E-state index contributed by atoms with van der Waals surface area (Å²) in [6.07, 6.45) is 2.78. The molecule has 0 aliphatic heterocycles. The molecule has 0 aliphatic carbocycles. The van der Waals surface area contributed by atoms with Crippen molar-refractivity contribution in [1.82, 2.24) is 9.97 Å². The molecule has 3 aromatic rings. The second-order valence-corrected chi connectivity index (χ2v) is 4.20. The van der Waals surface area contributed by atoms with Crippen LogP contribution in [0, 0.1) is 12.7 Å². The van der Waals surface area contributed by atoms with Crippen LogP contribution in [-0.4, -0.2) is 9.97 Å². The molecule has 0 fully saturated rings. The van der Waals surface area contributed by atoms with Gasteiger partial charge >= 0.3 is 0 Å². The molecule has 0 saturated heterocycles. The van der Waals surface area contributed by atoms with Gasteiger partial charge in [0.15, 0.2) is 5.82 Å². The number of pyridine rings is 2. The zero-order valence-electron chi connectivity index (χ0n) is 9.89. The number of nitrogens with zero attached hydrogens (tertiary/aromatic N) is 2. The molecule has 88 valence electrons. The molecule has 3 rings (SSSR count). The normalized spacial score (nSPS) is 10.8. The molecule has 0 bridgehead atoms.